The van der Waals surface area contributed by atoms with Crippen LogP contribution in [0.2, 0.25) is 0 Å². The second kappa shape index (κ2) is 5.06. The van der Waals surface area contributed by atoms with E-state index in [1.807, 2.05) is 12.3 Å². The third kappa shape index (κ3) is 2.06. The number of hydrogen-bond donors (Lipinski definition) is 1. The van der Waals surface area contributed by atoms with Crippen LogP contribution in [0.25, 0.3) is 0 Å². The average Bonchev–Trinajstić information content (AvgIpc) is 2.97. The third-order valence-electron chi connectivity index (χ3n) is 3.70. The van der Waals surface area contributed by atoms with Crippen molar-refractivity contribution in [3.63, 3.8) is 0 Å². The molecule has 1 atom stereocenters. The van der Waals surface area contributed by atoms with Gasteiger partial charge in [0.2, 0.25) is 11.8 Å². The summed E-state index contributed by atoms with van der Waals surface area (Å²) in [6.07, 6.45) is 1.66. The summed E-state index contributed by atoms with van der Waals surface area (Å²) < 4.78 is 0. The Labute approximate surface area is 121 Å². The van der Waals surface area contributed by atoms with Crippen molar-refractivity contribution in [1.82, 2.24) is 9.96 Å². The molecule has 1 fully saturated rings. The highest BCUT2D eigenvalue weighted by molar-refractivity contribution is 7.14. The molecule has 1 aromatic rings. The normalized spacial score (nSPS) is 23.1. The first-order valence-corrected chi connectivity index (χ1v) is 7.64. The van der Waals surface area contributed by atoms with Crippen molar-refractivity contribution in [3.05, 3.63) is 10.9 Å². The maximum Gasteiger partial charge on any atom is 0.249 e. The number of carbonyl (C=O) groups is 2. The number of hydroxylamine groups is 2. The van der Waals surface area contributed by atoms with Crippen molar-refractivity contribution in [3.8, 4) is 5.75 Å². The third-order valence-corrected chi connectivity index (χ3v) is 4.53. The van der Waals surface area contributed by atoms with Crippen LogP contribution in [0.5, 0.6) is 5.75 Å². The first-order valence-electron chi connectivity index (χ1n) is 6.76. The van der Waals surface area contributed by atoms with Gasteiger partial charge in [-0.3, -0.25) is 14.5 Å². The number of hydrogen-bond acceptors (Lipinski definition) is 6. The molecule has 0 radical (unpaired) electrons. The first kappa shape index (κ1) is 13.4. The van der Waals surface area contributed by atoms with Gasteiger partial charge in [-0.2, -0.15) is 0 Å². The van der Waals surface area contributed by atoms with Gasteiger partial charge < -0.3 is 10.6 Å². The lowest BCUT2D eigenvalue weighted by atomic mass is 10.0. The first-order chi connectivity index (χ1) is 9.61. The highest BCUT2D eigenvalue weighted by atomic mass is 32.1. The zero-order valence-electron chi connectivity index (χ0n) is 11.3. The molecule has 3 rings (SSSR count). The van der Waals surface area contributed by atoms with Crippen LogP contribution in [0.4, 0.5) is 5.00 Å². The van der Waals surface area contributed by atoms with Crippen LogP contribution < -0.4 is 10.6 Å². The minimum absolute atomic E-state index is 0.0824. The number of amides is 2. The number of anilines is 1. The summed E-state index contributed by atoms with van der Waals surface area (Å²) in [6.45, 7) is 2.94. The SMILES string of the molecule is CCCN1C(=O)CCC(N2Cc3c(csc3N)O2)C1=O. The van der Waals surface area contributed by atoms with Crippen molar-refractivity contribution in [2.45, 2.75) is 38.8 Å². The fourth-order valence-electron chi connectivity index (χ4n) is 2.65. The smallest absolute Gasteiger partial charge is 0.249 e. The number of carbonyl (C=O) groups excluding carboxylic acids is 2. The van der Waals surface area contributed by atoms with Gasteiger partial charge in [0.15, 0.2) is 5.75 Å². The molecule has 1 unspecified atom stereocenters. The van der Waals surface area contributed by atoms with Crippen LogP contribution in [0.1, 0.15) is 31.7 Å². The number of nitrogen functional groups attached to an aromatic ring is 1. The van der Waals surface area contributed by atoms with Crippen molar-refractivity contribution in [2.75, 3.05) is 12.3 Å². The molecule has 108 valence electrons. The number of nitrogens with two attached hydrogens (primary N) is 1. The lowest BCUT2D eigenvalue weighted by Gasteiger charge is -2.34. The highest BCUT2D eigenvalue weighted by Gasteiger charge is 2.41. The number of fused-ring (bicyclic) bond motifs is 1. The Balaban J connectivity index is 1.75. The van der Waals surface area contributed by atoms with Gasteiger partial charge in [0.05, 0.1) is 11.5 Å². The van der Waals surface area contributed by atoms with E-state index in [2.05, 4.69) is 0 Å². The van der Waals surface area contributed by atoms with Crippen LogP contribution in [-0.2, 0) is 16.1 Å². The van der Waals surface area contributed by atoms with Crippen LogP contribution in [0.15, 0.2) is 5.38 Å². The Kier molecular flexibility index (Phi) is 3.39. The summed E-state index contributed by atoms with van der Waals surface area (Å²) in [6, 6.07) is -0.393. The predicted octanol–water partition coefficient (Wildman–Crippen LogP) is 1.37. The Morgan fingerprint density at radius 1 is 1.50 bits per heavy atom. The van der Waals surface area contributed by atoms with E-state index in [4.69, 9.17) is 10.6 Å². The van der Waals surface area contributed by atoms with E-state index >= 15 is 0 Å². The van der Waals surface area contributed by atoms with E-state index in [1.54, 1.807) is 5.06 Å². The fraction of sp³-hybridized carbons (Fsp3) is 0.538. The molecule has 1 saturated heterocycles. The van der Waals surface area contributed by atoms with Crippen molar-refractivity contribution in [1.29, 1.82) is 0 Å². The minimum Gasteiger partial charge on any atom is -0.404 e. The zero-order valence-corrected chi connectivity index (χ0v) is 12.1. The molecule has 0 aliphatic carbocycles. The molecule has 2 amide bonds. The molecule has 0 saturated carbocycles. The quantitative estimate of drug-likeness (QED) is 0.852. The maximum absolute atomic E-state index is 12.4. The molecule has 0 bridgehead atoms. The van der Waals surface area contributed by atoms with Gasteiger partial charge in [-0.05, 0) is 12.8 Å². The lowest BCUT2D eigenvalue weighted by Crippen LogP contribution is -2.54. The number of nitrogens with zero attached hydrogens (tertiary/aromatic N) is 2. The average molecular weight is 295 g/mol. The topological polar surface area (TPSA) is 75.9 Å². The van der Waals surface area contributed by atoms with Gasteiger partial charge in [0, 0.05) is 23.9 Å². The van der Waals surface area contributed by atoms with Gasteiger partial charge in [-0.15, -0.1) is 16.4 Å². The van der Waals surface area contributed by atoms with Crippen LogP contribution >= 0.6 is 11.3 Å². The maximum atomic E-state index is 12.4. The summed E-state index contributed by atoms with van der Waals surface area (Å²) in [5.74, 6) is 0.496. The fourth-order valence-corrected chi connectivity index (χ4v) is 3.38. The highest BCUT2D eigenvalue weighted by Crippen LogP contribution is 2.39. The van der Waals surface area contributed by atoms with Crippen LogP contribution in [-0.4, -0.2) is 34.4 Å². The van der Waals surface area contributed by atoms with E-state index in [1.165, 1.54) is 16.2 Å². The molecule has 6 nitrogen and oxygen atoms in total. The molecule has 20 heavy (non-hydrogen) atoms. The van der Waals surface area contributed by atoms with Gasteiger partial charge in [0.1, 0.15) is 6.04 Å². The number of imide groups is 1. The van der Waals surface area contributed by atoms with Gasteiger partial charge >= 0.3 is 0 Å². The molecule has 2 aliphatic rings. The molecule has 2 N–H and O–H groups in total. The van der Waals surface area contributed by atoms with E-state index in [0.717, 1.165) is 22.7 Å². The van der Waals surface area contributed by atoms with Crippen molar-refractivity contribution in [2.24, 2.45) is 0 Å². The number of likely N-dealkylation sites (tertiary alicyclic amines) is 1. The van der Waals surface area contributed by atoms with Crippen molar-refractivity contribution >= 4 is 28.2 Å². The van der Waals surface area contributed by atoms with E-state index in [9.17, 15) is 9.59 Å². The van der Waals surface area contributed by atoms with E-state index < -0.39 is 6.04 Å². The molecular weight excluding hydrogens is 278 g/mol. The largest absolute Gasteiger partial charge is 0.404 e. The Morgan fingerprint density at radius 2 is 2.30 bits per heavy atom. The van der Waals surface area contributed by atoms with Gasteiger partial charge in [0.25, 0.3) is 0 Å². The monoisotopic (exact) mass is 295 g/mol. The number of thiophene rings is 1. The molecule has 0 spiro atoms. The second-order valence-electron chi connectivity index (χ2n) is 5.05. The Hall–Kier alpha value is -1.60. The van der Waals surface area contributed by atoms with Crippen LogP contribution in [0, 0.1) is 0 Å². The second-order valence-corrected chi connectivity index (χ2v) is 5.96. The van der Waals surface area contributed by atoms with E-state index in [-0.39, 0.29) is 11.8 Å². The molecule has 7 heteroatoms. The Morgan fingerprint density at radius 3 is 3.00 bits per heavy atom. The lowest BCUT2D eigenvalue weighted by molar-refractivity contribution is -0.165. The molecule has 0 aromatic carbocycles. The molecule has 2 aliphatic heterocycles. The molecule has 1 aromatic heterocycles. The van der Waals surface area contributed by atoms with Gasteiger partial charge in [-0.1, -0.05) is 6.92 Å². The zero-order chi connectivity index (χ0) is 14.3. The summed E-state index contributed by atoms with van der Waals surface area (Å²) in [4.78, 5) is 31.3. The van der Waals surface area contributed by atoms with Crippen molar-refractivity contribution < 1.29 is 14.4 Å². The van der Waals surface area contributed by atoms with E-state index in [0.29, 0.717) is 25.9 Å². The summed E-state index contributed by atoms with van der Waals surface area (Å²) >= 11 is 1.44. The summed E-state index contributed by atoms with van der Waals surface area (Å²) in [7, 11) is 0. The Bertz CT molecular complexity index is 557. The molecular formula is C13H17N3O3S. The predicted molar refractivity (Wildman–Crippen MR) is 74.9 cm³/mol. The van der Waals surface area contributed by atoms with Crippen LogP contribution in [0.3, 0.4) is 0 Å². The summed E-state index contributed by atoms with van der Waals surface area (Å²) in [5, 5.41) is 4.24. The summed E-state index contributed by atoms with van der Waals surface area (Å²) in [5.41, 5.74) is 6.82. The number of rotatable bonds is 3. The standard InChI is InChI=1S/C13H17N3O3S/c1-2-5-15-11(17)4-3-9(13(15)18)16-6-8-10(19-16)7-20-12(8)14/h7,9H,2-6,14H2,1H3. The minimum atomic E-state index is -0.393. The molecule has 3 heterocycles. The van der Waals surface area contributed by atoms with Gasteiger partial charge in [-0.25, -0.2) is 0 Å². The number of piperidine rings is 1.